The second-order valence-corrected chi connectivity index (χ2v) is 8.94. The van der Waals surface area contributed by atoms with Crippen LogP contribution in [0, 0.1) is 6.92 Å². The van der Waals surface area contributed by atoms with Gasteiger partial charge < -0.3 is 10.1 Å². The number of methoxy groups -OCH3 is 1. The molecule has 0 unspecified atom stereocenters. The van der Waals surface area contributed by atoms with Crippen LogP contribution in [-0.4, -0.2) is 34.0 Å². The van der Waals surface area contributed by atoms with Gasteiger partial charge in [-0.3, -0.25) is 9.10 Å². The standard InChI is InChI=1S/C21H26N2O4S/c1-16-6-5-9-20(14-16)28(25,26)23(18-10-12-19(27-2)13-11-18)15-21(24)22-17-7-3-4-8-17/h5-6,9-14,17H,3-4,7-8,15H2,1-2H3,(H,22,24). The molecule has 0 spiro atoms. The number of benzene rings is 2. The number of nitrogens with zero attached hydrogens (tertiary/aromatic N) is 1. The predicted molar refractivity (Wildman–Crippen MR) is 109 cm³/mol. The van der Waals surface area contributed by atoms with Gasteiger partial charge in [-0.1, -0.05) is 25.0 Å². The zero-order valence-electron chi connectivity index (χ0n) is 16.2. The van der Waals surface area contributed by atoms with Crippen molar-refractivity contribution in [3.8, 4) is 5.75 Å². The number of hydrogen-bond donors (Lipinski definition) is 1. The number of rotatable bonds is 7. The van der Waals surface area contributed by atoms with Gasteiger partial charge in [0.05, 0.1) is 17.7 Å². The highest BCUT2D eigenvalue weighted by Gasteiger charge is 2.28. The van der Waals surface area contributed by atoms with Crippen LogP contribution in [0.1, 0.15) is 31.2 Å². The van der Waals surface area contributed by atoms with E-state index in [2.05, 4.69) is 5.32 Å². The van der Waals surface area contributed by atoms with Crippen LogP contribution in [0.15, 0.2) is 53.4 Å². The number of sulfonamides is 1. The number of carbonyl (C=O) groups is 1. The van der Waals surface area contributed by atoms with Gasteiger partial charge in [-0.05, 0) is 61.7 Å². The number of aryl methyl sites for hydroxylation is 1. The first-order valence-electron chi connectivity index (χ1n) is 9.43. The highest BCUT2D eigenvalue weighted by molar-refractivity contribution is 7.92. The van der Waals surface area contributed by atoms with Crippen LogP contribution in [0.3, 0.4) is 0 Å². The van der Waals surface area contributed by atoms with E-state index in [4.69, 9.17) is 4.74 Å². The third-order valence-corrected chi connectivity index (χ3v) is 6.72. The summed E-state index contributed by atoms with van der Waals surface area (Å²) in [7, 11) is -2.35. The summed E-state index contributed by atoms with van der Waals surface area (Å²) in [6, 6.07) is 13.5. The molecule has 1 saturated carbocycles. The van der Waals surface area contributed by atoms with Crippen molar-refractivity contribution in [2.75, 3.05) is 18.0 Å². The highest BCUT2D eigenvalue weighted by Crippen LogP contribution is 2.26. The van der Waals surface area contributed by atoms with E-state index in [0.717, 1.165) is 35.6 Å². The second-order valence-electron chi connectivity index (χ2n) is 7.08. The molecule has 3 rings (SSSR count). The molecule has 0 heterocycles. The fourth-order valence-corrected chi connectivity index (χ4v) is 4.97. The minimum Gasteiger partial charge on any atom is -0.497 e. The van der Waals surface area contributed by atoms with E-state index in [-0.39, 0.29) is 23.4 Å². The molecule has 1 aliphatic rings. The number of ether oxygens (including phenoxy) is 1. The van der Waals surface area contributed by atoms with Crippen molar-refractivity contribution in [2.45, 2.75) is 43.5 Å². The highest BCUT2D eigenvalue weighted by atomic mass is 32.2. The third kappa shape index (κ3) is 4.65. The van der Waals surface area contributed by atoms with Crippen molar-refractivity contribution in [1.29, 1.82) is 0 Å². The maximum absolute atomic E-state index is 13.3. The fraction of sp³-hybridized carbons (Fsp3) is 0.381. The van der Waals surface area contributed by atoms with E-state index in [1.807, 2.05) is 13.0 Å². The zero-order valence-corrected chi connectivity index (χ0v) is 17.0. The van der Waals surface area contributed by atoms with Gasteiger partial charge >= 0.3 is 0 Å². The minimum atomic E-state index is -3.89. The number of anilines is 1. The Balaban J connectivity index is 1.91. The summed E-state index contributed by atoms with van der Waals surface area (Å²) < 4.78 is 33.0. The molecular weight excluding hydrogens is 376 g/mol. The van der Waals surface area contributed by atoms with E-state index in [1.54, 1.807) is 49.6 Å². The zero-order chi connectivity index (χ0) is 20.1. The van der Waals surface area contributed by atoms with Gasteiger partial charge in [-0.2, -0.15) is 0 Å². The van der Waals surface area contributed by atoms with Crippen molar-refractivity contribution >= 4 is 21.6 Å². The van der Waals surface area contributed by atoms with Crippen LogP contribution in [-0.2, 0) is 14.8 Å². The lowest BCUT2D eigenvalue weighted by atomic mass is 10.2. The van der Waals surface area contributed by atoms with Crippen LogP contribution in [0.25, 0.3) is 0 Å². The van der Waals surface area contributed by atoms with Crippen molar-refractivity contribution in [1.82, 2.24) is 5.32 Å². The Bertz CT molecular complexity index is 920. The summed E-state index contributed by atoms with van der Waals surface area (Å²) in [5.74, 6) is 0.325. The lowest BCUT2D eigenvalue weighted by Crippen LogP contribution is -2.43. The molecule has 2 aromatic carbocycles. The predicted octanol–water partition coefficient (Wildman–Crippen LogP) is 3.26. The number of carbonyl (C=O) groups excluding carboxylic acids is 1. The molecule has 0 aromatic heterocycles. The number of amides is 1. The minimum absolute atomic E-state index is 0.131. The van der Waals surface area contributed by atoms with Gasteiger partial charge in [0.2, 0.25) is 5.91 Å². The Morgan fingerprint density at radius 1 is 1.14 bits per heavy atom. The lowest BCUT2D eigenvalue weighted by Gasteiger charge is -2.25. The summed E-state index contributed by atoms with van der Waals surface area (Å²) >= 11 is 0. The summed E-state index contributed by atoms with van der Waals surface area (Å²) in [5.41, 5.74) is 1.26. The van der Waals surface area contributed by atoms with Crippen LogP contribution in [0.4, 0.5) is 5.69 Å². The summed E-state index contributed by atoms with van der Waals surface area (Å²) in [5, 5.41) is 2.97. The topological polar surface area (TPSA) is 75.7 Å². The van der Waals surface area contributed by atoms with Gasteiger partial charge in [0.25, 0.3) is 10.0 Å². The van der Waals surface area contributed by atoms with Crippen LogP contribution >= 0.6 is 0 Å². The van der Waals surface area contributed by atoms with Crippen molar-refractivity contribution < 1.29 is 17.9 Å². The molecular formula is C21H26N2O4S. The summed E-state index contributed by atoms with van der Waals surface area (Å²) in [6.45, 7) is 1.57. The molecule has 0 aliphatic heterocycles. The first-order chi connectivity index (χ1) is 13.4. The van der Waals surface area contributed by atoms with Crippen LogP contribution in [0.2, 0.25) is 0 Å². The molecule has 0 saturated heterocycles. The third-order valence-electron chi connectivity index (χ3n) is 4.95. The molecule has 0 bridgehead atoms. The fourth-order valence-electron chi connectivity index (χ4n) is 3.44. The first kappa shape index (κ1) is 20.2. The molecule has 0 atom stereocenters. The maximum atomic E-state index is 13.3. The monoisotopic (exact) mass is 402 g/mol. The smallest absolute Gasteiger partial charge is 0.264 e. The van der Waals surface area contributed by atoms with E-state index in [1.165, 1.54) is 0 Å². The molecule has 6 nitrogen and oxygen atoms in total. The maximum Gasteiger partial charge on any atom is 0.264 e. The Morgan fingerprint density at radius 2 is 1.82 bits per heavy atom. The quantitative estimate of drug-likeness (QED) is 0.771. The van der Waals surface area contributed by atoms with E-state index in [9.17, 15) is 13.2 Å². The SMILES string of the molecule is COc1ccc(N(CC(=O)NC2CCCC2)S(=O)(=O)c2cccc(C)c2)cc1. The van der Waals surface area contributed by atoms with E-state index in [0.29, 0.717) is 11.4 Å². The molecule has 28 heavy (non-hydrogen) atoms. The van der Waals surface area contributed by atoms with Crippen molar-refractivity contribution in [2.24, 2.45) is 0 Å². The normalized spacial score (nSPS) is 14.6. The van der Waals surface area contributed by atoms with Gasteiger partial charge in [0, 0.05) is 6.04 Å². The molecule has 2 aromatic rings. The van der Waals surface area contributed by atoms with E-state index < -0.39 is 10.0 Å². The molecule has 1 amide bonds. The second kappa shape index (κ2) is 8.65. The molecule has 7 heteroatoms. The van der Waals surface area contributed by atoms with Gasteiger partial charge in [0.15, 0.2) is 0 Å². The molecule has 1 N–H and O–H groups in total. The van der Waals surface area contributed by atoms with Crippen molar-refractivity contribution in [3.63, 3.8) is 0 Å². The van der Waals surface area contributed by atoms with Gasteiger partial charge in [-0.25, -0.2) is 8.42 Å². The van der Waals surface area contributed by atoms with Gasteiger partial charge in [0.1, 0.15) is 12.3 Å². The summed E-state index contributed by atoms with van der Waals surface area (Å²) in [4.78, 5) is 12.8. The number of hydrogen-bond acceptors (Lipinski definition) is 4. The molecule has 0 radical (unpaired) electrons. The summed E-state index contributed by atoms with van der Waals surface area (Å²) in [6.07, 6.45) is 4.07. The van der Waals surface area contributed by atoms with Gasteiger partial charge in [-0.15, -0.1) is 0 Å². The Labute approximate surface area is 166 Å². The van der Waals surface area contributed by atoms with E-state index >= 15 is 0 Å². The van der Waals surface area contributed by atoms with Crippen LogP contribution in [0.5, 0.6) is 5.75 Å². The Hall–Kier alpha value is -2.54. The number of nitrogens with one attached hydrogen (secondary N) is 1. The molecule has 1 aliphatic carbocycles. The average molecular weight is 403 g/mol. The Morgan fingerprint density at radius 3 is 2.43 bits per heavy atom. The largest absolute Gasteiger partial charge is 0.497 e. The lowest BCUT2D eigenvalue weighted by molar-refractivity contribution is -0.120. The molecule has 1 fully saturated rings. The van der Waals surface area contributed by atoms with Crippen LogP contribution < -0.4 is 14.4 Å². The Kier molecular flexibility index (Phi) is 6.24. The average Bonchev–Trinajstić information content (AvgIpc) is 3.19. The first-order valence-corrected chi connectivity index (χ1v) is 10.9. The molecule has 150 valence electrons. The van der Waals surface area contributed by atoms with Crippen molar-refractivity contribution in [3.05, 3.63) is 54.1 Å².